The van der Waals surface area contributed by atoms with Crippen molar-refractivity contribution >= 4 is 22.9 Å². The molecule has 5 heteroatoms. The third-order valence-electron chi connectivity index (χ3n) is 6.74. The Labute approximate surface area is 178 Å². The van der Waals surface area contributed by atoms with E-state index in [2.05, 4.69) is 51.2 Å². The highest BCUT2D eigenvalue weighted by Crippen LogP contribution is 2.27. The molecule has 3 heterocycles. The van der Waals surface area contributed by atoms with Crippen LogP contribution in [0.5, 0.6) is 0 Å². The van der Waals surface area contributed by atoms with Gasteiger partial charge in [-0.25, -0.2) is 4.98 Å². The molecule has 1 aromatic heterocycles. The second-order valence-electron chi connectivity index (χ2n) is 8.82. The SMILES string of the molecule is O=C([C@H]1CCCN(c2nc3ccccc3[nH]2)C1)N1CCC(Cc2ccccc2)CC1. The fourth-order valence-electron chi connectivity index (χ4n) is 5.02. The first-order valence-corrected chi connectivity index (χ1v) is 11.3. The molecule has 1 atom stereocenters. The minimum Gasteiger partial charge on any atom is -0.342 e. The number of aromatic amines is 1. The smallest absolute Gasteiger partial charge is 0.227 e. The van der Waals surface area contributed by atoms with Crippen molar-refractivity contribution < 1.29 is 4.79 Å². The summed E-state index contributed by atoms with van der Waals surface area (Å²) in [6, 6.07) is 18.8. The third-order valence-corrected chi connectivity index (χ3v) is 6.74. The molecule has 2 aliphatic rings. The van der Waals surface area contributed by atoms with E-state index in [0.717, 1.165) is 75.3 Å². The lowest BCUT2D eigenvalue weighted by molar-refractivity contribution is -0.137. The summed E-state index contributed by atoms with van der Waals surface area (Å²) in [5.74, 6) is 2.01. The molecule has 0 radical (unpaired) electrons. The van der Waals surface area contributed by atoms with E-state index in [9.17, 15) is 4.79 Å². The maximum atomic E-state index is 13.2. The third kappa shape index (κ3) is 4.07. The molecule has 156 valence electrons. The van der Waals surface area contributed by atoms with E-state index in [1.165, 1.54) is 5.56 Å². The van der Waals surface area contributed by atoms with Crippen LogP contribution < -0.4 is 4.90 Å². The summed E-state index contributed by atoms with van der Waals surface area (Å²) in [5.41, 5.74) is 3.46. The maximum absolute atomic E-state index is 13.2. The van der Waals surface area contributed by atoms with E-state index in [4.69, 9.17) is 4.98 Å². The van der Waals surface area contributed by atoms with Crippen LogP contribution in [-0.4, -0.2) is 47.0 Å². The highest BCUT2D eigenvalue weighted by atomic mass is 16.2. The standard InChI is InChI=1S/C25H30N4O/c30-24(28-15-12-20(13-16-28)17-19-7-2-1-3-8-19)21-9-6-14-29(18-21)25-26-22-10-4-5-11-23(22)27-25/h1-5,7-8,10-11,20-21H,6,9,12-18H2,(H,26,27)/t21-/m0/s1. The number of hydrogen-bond donors (Lipinski definition) is 1. The summed E-state index contributed by atoms with van der Waals surface area (Å²) in [6.07, 6.45) is 5.38. The Kier molecular flexibility index (Phi) is 5.43. The molecule has 2 aliphatic heterocycles. The van der Waals surface area contributed by atoms with Gasteiger partial charge >= 0.3 is 0 Å². The molecule has 0 bridgehead atoms. The number of benzene rings is 2. The fraction of sp³-hybridized carbons (Fsp3) is 0.440. The Bertz CT molecular complexity index is 958. The van der Waals surface area contributed by atoms with E-state index in [1.807, 2.05) is 18.2 Å². The van der Waals surface area contributed by atoms with Crippen molar-refractivity contribution in [2.24, 2.45) is 11.8 Å². The first-order valence-electron chi connectivity index (χ1n) is 11.3. The molecule has 2 saturated heterocycles. The van der Waals surface area contributed by atoms with Gasteiger partial charge in [-0.3, -0.25) is 4.79 Å². The molecule has 30 heavy (non-hydrogen) atoms. The van der Waals surface area contributed by atoms with Gasteiger partial charge in [0, 0.05) is 26.2 Å². The van der Waals surface area contributed by atoms with E-state index < -0.39 is 0 Å². The number of nitrogens with one attached hydrogen (secondary N) is 1. The monoisotopic (exact) mass is 402 g/mol. The van der Waals surface area contributed by atoms with Crippen LogP contribution in [0.15, 0.2) is 54.6 Å². The second-order valence-corrected chi connectivity index (χ2v) is 8.82. The Morgan fingerprint density at radius 2 is 1.73 bits per heavy atom. The van der Waals surface area contributed by atoms with Gasteiger partial charge in [-0.05, 0) is 55.7 Å². The summed E-state index contributed by atoms with van der Waals surface area (Å²) in [5, 5.41) is 0. The van der Waals surface area contributed by atoms with Crippen molar-refractivity contribution in [3.8, 4) is 0 Å². The van der Waals surface area contributed by atoms with E-state index in [-0.39, 0.29) is 5.92 Å². The molecule has 0 aliphatic carbocycles. The summed E-state index contributed by atoms with van der Waals surface area (Å²) in [7, 11) is 0. The average Bonchev–Trinajstić information content (AvgIpc) is 3.24. The molecule has 5 rings (SSSR count). The van der Waals surface area contributed by atoms with Crippen molar-refractivity contribution in [2.75, 3.05) is 31.1 Å². The fourth-order valence-corrected chi connectivity index (χ4v) is 5.02. The van der Waals surface area contributed by atoms with Crippen LogP contribution >= 0.6 is 0 Å². The van der Waals surface area contributed by atoms with Crippen molar-refractivity contribution in [2.45, 2.75) is 32.1 Å². The van der Waals surface area contributed by atoms with Crippen LogP contribution in [-0.2, 0) is 11.2 Å². The van der Waals surface area contributed by atoms with E-state index >= 15 is 0 Å². The number of likely N-dealkylation sites (tertiary alicyclic amines) is 1. The van der Waals surface area contributed by atoms with Crippen molar-refractivity contribution in [1.82, 2.24) is 14.9 Å². The largest absolute Gasteiger partial charge is 0.342 e. The van der Waals surface area contributed by atoms with Crippen LogP contribution in [0.2, 0.25) is 0 Å². The number of piperidine rings is 2. The first kappa shape index (κ1) is 19.2. The summed E-state index contributed by atoms with van der Waals surface area (Å²) >= 11 is 0. The molecule has 0 spiro atoms. The Morgan fingerprint density at radius 1 is 0.967 bits per heavy atom. The molecule has 1 amide bonds. The zero-order chi connectivity index (χ0) is 20.3. The number of amides is 1. The maximum Gasteiger partial charge on any atom is 0.227 e. The molecule has 0 unspecified atom stereocenters. The summed E-state index contributed by atoms with van der Waals surface area (Å²) in [4.78, 5) is 25.8. The average molecular weight is 403 g/mol. The number of hydrogen-bond acceptors (Lipinski definition) is 3. The van der Waals surface area contributed by atoms with Gasteiger partial charge in [-0.1, -0.05) is 42.5 Å². The van der Waals surface area contributed by atoms with Gasteiger partial charge in [0.2, 0.25) is 11.9 Å². The molecule has 0 saturated carbocycles. The first-order chi connectivity index (χ1) is 14.8. The molecule has 5 nitrogen and oxygen atoms in total. The van der Waals surface area contributed by atoms with Gasteiger partial charge in [0.25, 0.3) is 0 Å². The molecule has 1 N–H and O–H groups in total. The second kappa shape index (κ2) is 8.50. The van der Waals surface area contributed by atoms with Gasteiger partial charge in [0.05, 0.1) is 17.0 Å². The highest BCUT2D eigenvalue weighted by Gasteiger charge is 2.32. The van der Waals surface area contributed by atoms with Gasteiger partial charge < -0.3 is 14.8 Å². The van der Waals surface area contributed by atoms with Crippen LogP contribution in [0.25, 0.3) is 11.0 Å². The topological polar surface area (TPSA) is 52.2 Å². The Morgan fingerprint density at radius 3 is 2.53 bits per heavy atom. The highest BCUT2D eigenvalue weighted by molar-refractivity contribution is 5.80. The molecule has 2 fully saturated rings. The quantitative estimate of drug-likeness (QED) is 0.709. The van der Waals surface area contributed by atoms with E-state index in [1.54, 1.807) is 0 Å². The number of aromatic nitrogens is 2. The number of carbonyl (C=O) groups is 1. The van der Waals surface area contributed by atoms with Crippen LogP contribution in [0.4, 0.5) is 5.95 Å². The van der Waals surface area contributed by atoms with Gasteiger partial charge in [-0.15, -0.1) is 0 Å². The van der Waals surface area contributed by atoms with Gasteiger partial charge in [0.1, 0.15) is 0 Å². The van der Waals surface area contributed by atoms with Crippen LogP contribution in [0.1, 0.15) is 31.2 Å². The Balaban J connectivity index is 1.18. The predicted molar refractivity (Wildman–Crippen MR) is 120 cm³/mol. The lowest BCUT2D eigenvalue weighted by Gasteiger charge is -2.37. The van der Waals surface area contributed by atoms with E-state index in [0.29, 0.717) is 11.8 Å². The normalized spacial score (nSPS) is 20.6. The number of para-hydroxylation sites is 2. The van der Waals surface area contributed by atoms with Gasteiger partial charge in [-0.2, -0.15) is 0 Å². The number of fused-ring (bicyclic) bond motifs is 1. The minimum atomic E-state index is 0.0811. The molecular weight excluding hydrogens is 372 g/mol. The van der Waals surface area contributed by atoms with Crippen LogP contribution in [0.3, 0.4) is 0 Å². The summed E-state index contributed by atoms with van der Waals surface area (Å²) in [6.45, 7) is 3.53. The van der Waals surface area contributed by atoms with Gasteiger partial charge in [0.15, 0.2) is 0 Å². The number of rotatable bonds is 4. The molecule has 3 aromatic rings. The zero-order valence-electron chi connectivity index (χ0n) is 17.5. The Hall–Kier alpha value is -2.82. The number of carbonyl (C=O) groups excluding carboxylic acids is 1. The number of anilines is 1. The van der Waals surface area contributed by atoms with Crippen LogP contribution in [0, 0.1) is 11.8 Å². The number of nitrogens with zero attached hydrogens (tertiary/aromatic N) is 3. The number of imidazole rings is 1. The lowest BCUT2D eigenvalue weighted by atomic mass is 9.89. The van der Waals surface area contributed by atoms with Crippen molar-refractivity contribution in [1.29, 1.82) is 0 Å². The molecule has 2 aromatic carbocycles. The lowest BCUT2D eigenvalue weighted by Crippen LogP contribution is -2.47. The minimum absolute atomic E-state index is 0.0811. The molecular formula is C25H30N4O. The zero-order valence-corrected chi connectivity index (χ0v) is 17.5. The van der Waals surface area contributed by atoms with Crippen molar-refractivity contribution in [3.05, 3.63) is 60.2 Å². The predicted octanol–water partition coefficient (Wildman–Crippen LogP) is 4.26. The number of H-pyrrole nitrogens is 1. The van der Waals surface area contributed by atoms with Crippen molar-refractivity contribution in [3.63, 3.8) is 0 Å². The summed E-state index contributed by atoms with van der Waals surface area (Å²) < 4.78 is 0.